The van der Waals surface area contributed by atoms with Crippen molar-refractivity contribution in [2.24, 2.45) is 0 Å². The van der Waals surface area contributed by atoms with Gasteiger partial charge < -0.3 is 14.2 Å². The van der Waals surface area contributed by atoms with Gasteiger partial charge in [-0.25, -0.2) is 0 Å². The van der Waals surface area contributed by atoms with E-state index in [4.69, 9.17) is 14.2 Å². The molecule has 0 rings (SSSR count). The zero-order valence-corrected chi connectivity index (χ0v) is 48.8. The SMILES string of the molecule is CC/C=C\C/C=C\C/C=C\C/C=C\C/C=C\CCCC(=O)O[C@H](COC(=O)CC/C=C\C/C=C\C/C=C\C/C=C\C/C=C\CCCCC)COC(=O)CCCCCCCCCCCCCCCCCCCCCCC. The number of allylic oxidation sites excluding steroid dienone is 20. The molecule has 0 aliphatic heterocycles. The third kappa shape index (κ3) is 60.6. The Hall–Kier alpha value is -4.19. The fourth-order valence-electron chi connectivity index (χ4n) is 8.34. The number of esters is 3. The van der Waals surface area contributed by atoms with Gasteiger partial charge in [-0.15, -0.1) is 0 Å². The molecule has 6 nitrogen and oxygen atoms in total. The average molecular weight is 1040 g/mol. The van der Waals surface area contributed by atoms with Crippen molar-refractivity contribution >= 4 is 17.9 Å². The maximum atomic E-state index is 12.9. The summed E-state index contributed by atoms with van der Waals surface area (Å²) in [4.78, 5) is 38.2. The first-order valence-corrected chi connectivity index (χ1v) is 31.0. The highest BCUT2D eigenvalue weighted by Gasteiger charge is 2.19. The van der Waals surface area contributed by atoms with E-state index in [9.17, 15) is 14.4 Å². The first kappa shape index (κ1) is 70.8. The van der Waals surface area contributed by atoms with E-state index in [1.54, 1.807) is 0 Å². The smallest absolute Gasteiger partial charge is 0.306 e. The van der Waals surface area contributed by atoms with Crippen molar-refractivity contribution in [1.82, 2.24) is 0 Å². The van der Waals surface area contributed by atoms with Gasteiger partial charge in [0, 0.05) is 19.3 Å². The first-order valence-electron chi connectivity index (χ1n) is 31.0. The van der Waals surface area contributed by atoms with Gasteiger partial charge in [-0.2, -0.15) is 0 Å². The van der Waals surface area contributed by atoms with Crippen LogP contribution in [0.5, 0.6) is 0 Å². The molecule has 0 aromatic heterocycles. The molecule has 0 saturated carbocycles. The molecule has 0 fully saturated rings. The molecule has 0 bridgehead atoms. The molecule has 0 heterocycles. The molecule has 0 aromatic carbocycles. The highest BCUT2D eigenvalue weighted by Crippen LogP contribution is 2.16. The molecule has 426 valence electrons. The minimum atomic E-state index is -0.841. The van der Waals surface area contributed by atoms with E-state index in [0.29, 0.717) is 19.3 Å². The molecule has 0 N–H and O–H groups in total. The highest BCUT2D eigenvalue weighted by molar-refractivity contribution is 5.71. The minimum absolute atomic E-state index is 0.124. The third-order valence-corrected chi connectivity index (χ3v) is 13.0. The van der Waals surface area contributed by atoms with Gasteiger partial charge in [0.15, 0.2) is 6.10 Å². The quantitative estimate of drug-likeness (QED) is 0.0261. The van der Waals surface area contributed by atoms with Crippen LogP contribution in [0, 0.1) is 0 Å². The molecular formula is C69H114O6. The van der Waals surface area contributed by atoms with Gasteiger partial charge in [-0.1, -0.05) is 284 Å². The fraction of sp³-hybridized carbons (Fsp3) is 0.667. The van der Waals surface area contributed by atoms with E-state index >= 15 is 0 Å². The van der Waals surface area contributed by atoms with Crippen LogP contribution < -0.4 is 0 Å². The molecule has 0 aliphatic rings. The summed E-state index contributed by atoms with van der Waals surface area (Å²) in [6.45, 7) is 6.41. The van der Waals surface area contributed by atoms with E-state index < -0.39 is 6.10 Å². The van der Waals surface area contributed by atoms with Crippen molar-refractivity contribution in [2.45, 2.75) is 284 Å². The van der Waals surface area contributed by atoms with Crippen LogP contribution in [0.15, 0.2) is 122 Å². The fourth-order valence-corrected chi connectivity index (χ4v) is 8.34. The Morgan fingerprint density at radius 3 is 0.933 bits per heavy atom. The van der Waals surface area contributed by atoms with Crippen molar-refractivity contribution in [1.29, 1.82) is 0 Å². The van der Waals surface area contributed by atoms with E-state index in [0.717, 1.165) is 83.5 Å². The summed E-state index contributed by atoms with van der Waals surface area (Å²) in [5.74, 6) is -1.07. The Morgan fingerprint density at radius 1 is 0.280 bits per heavy atom. The third-order valence-electron chi connectivity index (χ3n) is 13.0. The van der Waals surface area contributed by atoms with Gasteiger partial charge in [-0.05, 0) is 96.3 Å². The van der Waals surface area contributed by atoms with Crippen LogP contribution in [0.1, 0.15) is 278 Å². The monoisotopic (exact) mass is 1040 g/mol. The predicted molar refractivity (Wildman–Crippen MR) is 325 cm³/mol. The van der Waals surface area contributed by atoms with Gasteiger partial charge in [0.25, 0.3) is 0 Å². The largest absolute Gasteiger partial charge is 0.462 e. The maximum absolute atomic E-state index is 12.9. The van der Waals surface area contributed by atoms with E-state index in [1.165, 1.54) is 141 Å². The second-order valence-corrected chi connectivity index (χ2v) is 20.2. The van der Waals surface area contributed by atoms with Crippen LogP contribution in [-0.4, -0.2) is 37.2 Å². The molecule has 0 spiro atoms. The summed E-state index contributed by atoms with van der Waals surface area (Å²) in [5.41, 5.74) is 0. The maximum Gasteiger partial charge on any atom is 0.306 e. The van der Waals surface area contributed by atoms with Crippen LogP contribution in [0.4, 0.5) is 0 Å². The topological polar surface area (TPSA) is 78.9 Å². The van der Waals surface area contributed by atoms with E-state index in [2.05, 4.69) is 136 Å². The van der Waals surface area contributed by atoms with Crippen molar-refractivity contribution in [3.8, 4) is 0 Å². The standard InChI is InChI=1S/C69H114O6/c1-4-7-10-13-16-19-22-25-28-31-33-34-36-39-41-44-47-50-53-56-59-62-68(71)74-65-66(75-69(72)63-60-57-54-51-48-45-42-37-30-27-24-21-18-15-12-9-6-3)64-73-67(70)61-58-55-52-49-46-43-40-38-35-32-29-26-23-20-17-14-11-8-5-2/h9,12,17-18,20-21,26-27,29-30,35,38,42-43,45-46,51-52,54-55,66H,4-8,10-11,13-16,19,22-25,28,31-34,36-37,39-41,44,47-50,53,56-65H2,1-3H3/b12-9-,20-17-,21-18-,29-26-,30-27-,38-35-,45-42-,46-43-,54-51-,55-52-/t66-/m1/s1. The molecule has 0 radical (unpaired) electrons. The lowest BCUT2D eigenvalue weighted by Gasteiger charge is -2.18. The summed E-state index contributed by atoms with van der Waals surface area (Å²) >= 11 is 0. The van der Waals surface area contributed by atoms with Crippen LogP contribution in [0.25, 0.3) is 0 Å². The Kier molecular flexibility index (Phi) is 58.9. The zero-order valence-electron chi connectivity index (χ0n) is 48.8. The lowest BCUT2D eigenvalue weighted by molar-refractivity contribution is -0.166. The second-order valence-electron chi connectivity index (χ2n) is 20.2. The molecule has 0 aliphatic carbocycles. The molecule has 0 saturated heterocycles. The first-order chi connectivity index (χ1) is 37.0. The average Bonchev–Trinajstić information content (AvgIpc) is 3.41. The predicted octanol–water partition coefficient (Wildman–Crippen LogP) is 21.2. The minimum Gasteiger partial charge on any atom is -0.462 e. The summed E-state index contributed by atoms with van der Waals surface area (Å²) in [6, 6.07) is 0. The lowest BCUT2D eigenvalue weighted by Crippen LogP contribution is -2.30. The molecule has 0 aromatic rings. The Morgan fingerprint density at radius 2 is 0.560 bits per heavy atom. The number of carbonyl (C=O) groups is 3. The summed E-state index contributed by atoms with van der Waals surface area (Å²) in [6.07, 6.45) is 86.5. The molecule has 6 heteroatoms. The molecule has 1 atom stereocenters. The van der Waals surface area contributed by atoms with Crippen LogP contribution in [0.2, 0.25) is 0 Å². The molecule has 75 heavy (non-hydrogen) atoms. The van der Waals surface area contributed by atoms with E-state index in [1.807, 2.05) is 6.08 Å². The summed E-state index contributed by atoms with van der Waals surface area (Å²) in [5, 5.41) is 0. The van der Waals surface area contributed by atoms with Gasteiger partial charge in [0.2, 0.25) is 0 Å². The van der Waals surface area contributed by atoms with Crippen molar-refractivity contribution < 1.29 is 28.6 Å². The Bertz CT molecular complexity index is 1570. The Labute approximate surface area is 462 Å². The lowest BCUT2D eigenvalue weighted by atomic mass is 10.0. The van der Waals surface area contributed by atoms with Gasteiger partial charge >= 0.3 is 17.9 Å². The van der Waals surface area contributed by atoms with E-state index in [-0.39, 0.29) is 44.0 Å². The Balaban J connectivity index is 4.53. The van der Waals surface area contributed by atoms with Gasteiger partial charge in [0.1, 0.15) is 13.2 Å². The van der Waals surface area contributed by atoms with Gasteiger partial charge in [0.05, 0.1) is 0 Å². The zero-order chi connectivity index (χ0) is 54.3. The van der Waals surface area contributed by atoms with Gasteiger partial charge in [-0.3, -0.25) is 14.4 Å². The summed E-state index contributed by atoms with van der Waals surface area (Å²) < 4.78 is 16.8. The molecule has 0 amide bonds. The summed E-state index contributed by atoms with van der Waals surface area (Å²) in [7, 11) is 0. The number of carbonyl (C=O) groups excluding carboxylic acids is 3. The second kappa shape index (κ2) is 62.4. The molecule has 0 unspecified atom stereocenters. The number of unbranched alkanes of at least 4 members (excludes halogenated alkanes) is 24. The normalized spacial score (nSPS) is 12.9. The van der Waals surface area contributed by atoms with Crippen LogP contribution >= 0.6 is 0 Å². The van der Waals surface area contributed by atoms with Crippen molar-refractivity contribution in [2.75, 3.05) is 13.2 Å². The van der Waals surface area contributed by atoms with Crippen molar-refractivity contribution in [3.63, 3.8) is 0 Å². The van der Waals surface area contributed by atoms with Crippen molar-refractivity contribution in [3.05, 3.63) is 122 Å². The van der Waals surface area contributed by atoms with Crippen LogP contribution in [0.3, 0.4) is 0 Å². The molecular weight excluding hydrogens is 925 g/mol. The van der Waals surface area contributed by atoms with Crippen LogP contribution in [-0.2, 0) is 28.6 Å². The number of hydrogen-bond donors (Lipinski definition) is 0. The number of rotatable bonds is 55. The number of hydrogen-bond acceptors (Lipinski definition) is 6. The number of ether oxygens (including phenoxy) is 3. The highest BCUT2D eigenvalue weighted by atomic mass is 16.6.